The molecule has 0 radical (unpaired) electrons. The number of hydrogen-bond donors (Lipinski definition) is 1. The molecule has 1 saturated heterocycles. The smallest absolute Gasteiger partial charge is 0.317 e. The van der Waals surface area contributed by atoms with Crippen molar-refractivity contribution in [3.8, 4) is 18.1 Å². The molecule has 3 rings (SSSR count). The second-order valence-corrected chi connectivity index (χ2v) is 7.02. The van der Waals surface area contributed by atoms with Crippen molar-refractivity contribution in [2.75, 3.05) is 32.8 Å². The molecule has 2 aromatic rings. The summed E-state index contributed by atoms with van der Waals surface area (Å²) >= 11 is 1.70. The van der Waals surface area contributed by atoms with Gasteiger partial charge in [0.2, 0.25) is 0 Å². The van der Waals surface area contributed by atoms with E-state index in [0.29, 0.717) is 38.6 Å². The van der Waals surface area contributed by atoms with Gasteiger partial charge in [-0.2, -0.15) is 0 Å². The van der Waals surface area contributed by atoms with Crippen molar-refractivity contribution in [3.05, 3.63) is 52.2 Å². The molecule has 2 amide bonds. The zero-order chi connectivity index (χ0) is 18.2. The van der Waals surface area contributed by atoms with Crippen LogP contribution in [0.1, 0.15) is 10.4 Å². The highest BCUT2D eigenvalue weighted by Crippen LogP contribution is 2.14. The van der Waals surface area contributed by atoms with Gasteiger partial charge in [0.1, 0.15) is 18.5 Å². The number of amides is 2. The maximum atomic E-state index is 12.3. The molecule has 0 bridgehead atoms. The molecule has 0 aliphatic carbocycles. The van der Waals surface area contributed by atoms with E-state index >= 15 is 0 Å². The van der Waals surface area contributed by atoms with Gasteiger partial charge in [-0.15, -0.1) is 17.8 Å². The van der Waals surface area contributed by atoms with Crippen LogP contribution in [0.2, 0.25) is 0 Å². The van der Waals surface area contributed by atoms with E-state index in [1.54, 1.807) is 16.2 Å². The lowest BCUT2D eigenvalue weighted by molar-refractivity contribution is -0.0351. The van der Waals surface area contributed by atoms with Crippen LogP contribution in [-0.2, 0) is 11.2 Å². The first kappa shape index (κ1) is 18.3. The average Bonchev–Trinajstić information content (AvgIpc) is 3.20. The Kier molecular flexibility index (Phi) is 6.53. The number of terminal acetylenes is 1. The molecule has 1 atom stereocenters. The molecule has 1 fully saturated rings. The van der Waals surface area contributed by atoms with Gasteiger partial charge in [-0.05, 0) is 36.1 Å². The molecule has 1 N–H and O–H groups in total. The molecule has 1 unspecified atom stereocenters. The van der Waals surface area contributed by atoms with Crippen molar-refractivity contribution in [1.82, 2.24) is 10.2 Å². The normalized spacial score (nSPS) is 16.7. The number of urea groups is 1. The molecule has 1 aromatic carbocycles. The number of rotatable bonds is 6. The summed E-state index contributed by atoms with van der Waals surface area (Å²) in [4.78, 5) is 15.4. The second-order valence-electron chi connectivity index (χ2n) is 5.98. The maximum Gasteiger partial charge on any atom is 0.317 e. The minimum atomic E-state index is -0.152. The number of benzene rings is 1. The molecule has 26 heavy (non-hydrogen) atoms. The van der Waals surface area contributed by atoms with Gasteiger partial charge < -0.3 is 19.7 Å². The Morgan fingerprint density at radius 2 is 2.35 bits per heavy atom. The number of hydrogen-bond acceptors (Lipinski definition) is 4. The van der Waals surface area contributed by atoms with E-state index in [-0.39, 0.29) is 12.1 Å². The third-order valence-corrected chi connectivity index (χ3v) is 5.03. The monoisotopic (exact) mass is 370 g/mol. The Hall–Kier alpha value is -2.49. The molecule has 1 aromatic heterocycles. The van der Waals surface area contributed by atoms with Crippen LogP contribution in [0.25, 0.3) is 0 Å². The van der Waals surface area contributed by atoms with Crippen LogP contribution in [0.5, 0.6) is 5.75 Å². The van der Waals surface area contributed by atoms with E-state index in [0.717, 1.165) is 12.0 Å². The molecule has 136 valence electrons. The fourth-order valence-corrected chi connectivity index (χ4v) is 3.44. The van der Waals surface area contributed by atoms with E-state index in [9.17, 15) is 4.79 Å². The van der Waals surface area contributed by atoms with Gasteiger partial charge in [0.05, 0.1) is 13.2 Å². The van der Waals surface area contributed by atoms with Gasteiger partial charge in [0.15, 0.2) is 0 Å². The molecule has 0 saturated carbocycles. The van der Waals surface area contributed by atoms with Crippen molar-refractivity contribution < 1.29 is 14.3 Å². The highest BCUT2D eigenvalue weighted by atomic mass is 32.1. The summed E-state index contributed by atoms with van der Waals surface area (Å²) in [5, 5.41) is 5.02. The van der Waals surface area contributed by atoms with Gasteiger partial charge in [-0.3, -0.25) is 0 Å². The molecule has 1 aliphatic rings. The zero-order valence-corrected chi connectivity index (χ0v) is 15.3. The van der Waals surface area contributed by atoms with Crippen LogP contribution >= 0.6 is 11.3 Å². The lowest BCUT2D eigenvalue weighted by Gasteiger charge is -2.32. The Morgan fingerprint density at radius 3 is 3.15 bits per heavy atom. The minimum absolute atomic E-state index is 0.0517. The SMILES string of the molecule is C#Cc1cccc(OCC2CN(C(=O)NCCc3cccs3)CCO2)c1. The van der Waals surface area contributed by atoms with Gasteiger partial charge >= 0.3 is 6.03 Å². The number of nitrogens with zero attached hydrogens (tertiary/aromatic N) is 1. The van der Waals surface area contributed by atoms with Crippen LogP contribution in [0.4, 0.5) is 4.79 Å². The number of nitrogens with one attached hydrogen (secondary N) is 1. The summed E-state index contributed by atoms with van der Waals surface area (Å²) in [5.74, 6) is 3.30. The average molecular weight is 370 g/mol. The van der Waals surface area contributed by atoms with Crippen LogP contribution in [0.15, 0.2) is 41.8 Å². The second kappa shape index (κ2) is 9.27. The van der Waals surface area contributed by atoms with Crippen molar-refractivity contribution in [1.29, 1.82) is 0 Å². The highest BCUT2D eigenvalue weighted by Gasteiger charge is 2.24. The minimum Gasteiger partial charge on any atom is -0.491 e. The first-order chi connectivity index (χ1) is 12.7. The summed E-state index contributed by atoms with van der Waals surface area (Å²) in [7, 11) is 0. The van der Waals surface area contributed by atoms with E-state index in [1.165, 1.54) is 4.88 Å². The quantitative estimate of drug-likeness (QED) is 0.796. The molecule has 0 spiro atoms. The zero-order valence-electron chi connectivity index (χ0n) is 14.5. The predicted molar refractivity (Wildman–Crippen MR) is 103 cm³/mol. The highest BCUT2D eigenvalue weighted by molar-refractivity contribution is 7.09. The first-order valence-electron chi connectivity index (χ1n) is 8.61. The first-order valence-corrected chi connectivity index (χ1v) is 9.49. The summed E-state index contributed by atoms with van der Waals surface area (Å²) in [6.07, 6.45) is 6.10. The van der Waals surface area contributed by atoms with E-state index in [1.807, 2.05) is 35.7 Å². The van der Waals surface area contributed by atoms with Gasteiger partial charge in [-0.1, -0.05) is 18.1 Å². The summed E-state index contributed by atoms with van der Waals surface area (Å²) in [6.45, 7) is 2.63. The summed E-state index contributed by atoms with van der Waals surface area (Å²) in [6, 6.07) is 11.4. The van der Waals surface area contributed by atoms with Crippen LogP contribution in [-0.4, -0.2) is 49.9 Å². The Balaban J connectivity index is 1.42. The fraction of sp³-hybridized carbons (Fsp3) is 0.350. The Labute approximate surface area is 157 Å². The Morgan fingerprint density at radius 1 is 1.42 bits per heavy atom. The summed E-state index contributed by atoms with van der Waals surface area (Å²) < 4.78 is 11.5. The van der Waals surface area contributed by atoms with E-state index in [4.69, 9.17) is 15.9 Å². The van der Waals surface area contributed by atoms with Crippen molar-refractivity contribution in [2.45, 2.75) is 12.5 Å². The Bertz CT molecular complexity index is 755. The predicted octanol–water partition coefficient (Wildman–Crippen LogP) is 2.76. The summed E-state index contributed by atoms with van der Waals surface area (Å²) in [5.41, 5.74) is 0.777. The molecule has 1 aliphatic heterocycles. The van der Waals surface area contributed by atoms with Gasteiger partial charge in [0.25, 0.3) is 0 Å². The third-order valence-electron chi connectivity index (χ3n) is 4.09. The van der Waals surface area contributed by atoms with E-state index < -0.39 is 0 Å². The van der Waals surface area contributed by atoms with Gasteiger partial charge in [0, 0.05) is 23.5 Å². The van der Waals surface area contributed by atoms with E-state index in [2.05, 4.69) is 17.3 Å². The molecule has 6 heteroatoms. The number of thiophene rings is 1. The van der Waals surface area contributed by atoms with Crippen molar-refractivity contribution in [3.63, 3.8) is 0 Å². The molecular weight excluding hydrogens is 348 g/mol. The lowest BCUT2D eigenvalue weighted by Crippen LogP contribution is -2.51. The van der Waals surface area contributed by atoms with Crippen LogP contribution in [0.3, 0.4) is 0 Å². The van der Waals surface area contributed by atoms with Gasteiger partial charge in [-0.25, -0.2) is 4.79 Å². The van der Waals surface area contributed by atoms with Crippen LogP contribution in [0, 0.1) is 12.3 Å². The molecule has 5 nitrogen and oxygen atoms in total. The number of ether oxygens (including phenoxy) is 2. The maximum absolute atomic E-state index is 12.3. The molecular formula is C20H22N2O3S. The number of carbonyl (C=O) groups excluding carboxylic acids is 1. The fourth-order valence-electron chi connectivity index (χ4n) is 2.73. The molecule has 2 heterocycles. The lowest BCUT2D eigenvalue weighted by atomic mass is 10.2. The largest absolute Gasteiger partial charge is 0.491 e. The van der Waals surface area contributed by atoms with Crippen LogP contribution < -0.4 is 10.1 Å². The van der Waals surface area contributed by atoms with Crippen molar-refractivity contribution >= 4 is 17.4 Å². The number of morpholine rings is 1. The third kappa shape index (κ3) is 5.25. The van der Waals surface area contributed by atoms with Crippen molar-refractivity contribution in [2.24, 2.45) is 0 Å². The standard InChI is InChI=1S/C20H22N2O3S/c1-2-16-5-3-6-17(13-16)25-15-18-14-22(10-11-24-18)20(23)21-9-8-19-7-4-12-26-19/h1,3-7,12-13,18H,8-11,14-15H2,(H,21,23). The number of carbonyl (C=O) groups is 1. The topological polar surface area (TPSA) is 50.8 Å².